The second kappa shape index (κ2) is 9.69. The van der Waals surface area contributed by atoms with Crippen LogP contribution in [0.1, 0.15) is 0 Å². The lowest BCUT2D eigenvalue weighted by Gasteiger charge is -2.23. The van der Waals surface area contributed by atoms with Crippen LogP contribution in [0.5, 0.6) is 11.5 Å². The molecule has 2 heterocycles. The number of hydrogen-bond acceptors (Lipinski definition) is 1. The molecule has 0 saturated carbocycles. The summed E-state index contributed by atoms with van der Waals surface area (Å²) in [5.74, 6) is 1.82. The quantitative estimate of drug-likeness (QED) is 0.201. The van der Waals surface area contributed by atoms with Crippen molar-refractivity contribution < 1.29 is 4.74 Å². The predicted molar refractivity (Wildman–Crippen MR) is 192 cm³/mol. The zero-order valence-electron chi connectivity index (χ0n) is 24.9. The van der Waals surface area contributed by atoms with E-state index in [1.807, 2.05) is 6.07 Å². The van der Waals surface area contributed by atoms with Crippen LogP contribution in [-0.2, 0) is 0 Å². The first-order valence-corrected chi connectivity index (χ1v) is 15.8. The third-order valence-electron chi connectivity index (χ3n) is 9.59. The van der Waals surface area contributed by atoms with Gasteiger partial charge in [-0.1, -0.05) is 121 Å². The van der Waals surface area contributed by atoms with Crippen molar-refractivity contribution in [2.24, 2.45) is 0 Å². The van der Waals surface area contributed by atoms with Crippen LogP contribution in [0.4, 0.5) is 0 Å². The Labute approximate surface area is 266 Å². The number of fused-ring (bicyclic) bond motifs is 6. The van der Waals surface area contributed by atoms with Gasteiger partial charge < -0.3 is 9.30 Å². The van der Waals surface area contributed by atoms with E-state index in [4.69, 9.17) is 4.74 Å². The molecule has 0 saturated heterocycles. The molecule has 0 N–H and O–H groups in total. The third kappa shape index (κ3) is 3.59. The number of rotatable bonds is 3. The van der Waals surface area contributed by atoms with E-state index in [0.29, 0.717) is 0 Å². The normalized spacial score (nSPS) is 12.1. The van der Waals surface area contributed by atoms with E-state index in [0.717, 1.165) is 17.1 Å². The molecule has 8 aromatic carbocycles. The SMILES string of the molecule is c1ccc(-n2c3ccccc3c3cc4c(-c5ccccc5-c5ccc6c7c(cccc57)-c5ccccc5O6)cccc4cc32)cc1. The lowest BCUT2D eigenvalue weighted by molar-refractivity contribution is 0.487. The van der Waals surface area contributed by atoms with Crippen LogP contribution in [0.25, 0.3) is 82.4 Å². The molecule has 1 aromatic heterocycles. The molecule has 0 atom stereocenters. The molecule has 0 unspecified atom stereocenters. The molecule has 0 radical (unpaired) electrons. The average molecular weight is 586 g/mol. The van der Waals surface area contributed by atoms with Gasteiger partial charge in [-0.3, -0.25) is 0 Å². The second-order valence-corrected chi connectivity index (χ2v) is 12.1. The minimum Gasteiger partial charge on any atom is -0.456 e. The zero-order chi connectivity index (χ0) is 30.2. The van der Waals surface area contributed by atoms with E-state index in [1.165, 1.54) is 76.9 Å². The van der Waals surface area contributed by atoms with Gasteiger partial charge in [0.1, 0.15) is 11.5 Å². The maximum Gasteiger partial charge on any atom is 0.135 e. The van der Waals surface area contributed by atoms with Gasteiger partial charge in [0, 0.05) is 27.4 Å². The Balaban J connectivity index is 1.23. The zero-order valence-corrected chi connectivity index (χ0v) is 24.9. The molecule has 0 fully saturated rings. The van der Waals surface area contributed by atoms with Crippen LogP contribution in [0.3, 0.4) is 0 Å². The third-order valence-corrected chi connectivity index (χ3v) is 9.59. The Bertz CT molecular complexity index is 2660. The molecule has 1 aliphatic rings. The fourth-order valence-corrected chi connectivity index (χ4v) is 7.60. The molecular weight excluding hydrogens is 558 g/mol. The van der Waals surface area contributed by atoms with E-state index < -0.39 is 0 Å². The molecule has 1 aliphatic heterocycles. The Hall–Kier alpha value is -6.12. The number of aromatic nitrogens is 1. The number of nitrogens with zero attached hydrogens (tertiary/aromatic N) is 1. The molecule has 0 spiro atoms. The Morgan fingerprint density at radius 2 is 1.00 bits per heavy atom. The van der Waals surface area contributed by atoms with Gasteiger partial charge in [-0.15, -0.1) is 0 Å². The molecular formula is C44H27NO. The number of para-hydroxylation sites is 3. The minimum absolute atomic E-state index is 0.909. The average Bonchev–Trinajstić information content (AvgIpc) is 3.44. The number of benzene rings is 8. The van der Waals surface area contributed by atoms with Crippen molar-refractivity contribution in [1.29, 1.82) is 0 Å². The first kappa shape index (κ1) is 25.2. The van der Waals surface area contributed by atoms with Crippen molar-refractivity contribution in [3.63, 3.8) is 0 Å². The van der Waals surface area contributed by atoms with Crippen molar-refractivity contribution in [3.05, 3.63) is 164 Å². The molecule has 0 aliphatic carbocycles. The number of ether oxygens (including phenoxy) is 1. The van der Waals surface area contributed by atoms with Gasteiger partial charge in [-0.2, -0.15) is 0 Å². The van der Waals surface area contributed by atoms with Gasteiger partial charge in [0.2, 0.25) is 0 Å². The standard InChI is InChI=1S/C44H27NO/c1-2-13-29(14-3-1)45-40-22-8-6-17-34(40)39-27-38-28(26-41(39)45)12-10-19-32(38)30-15-4-5-16-31(30)33-24-25-43-44-36(33)20-11-21-37(44)35-18-7-9-23-42(35)46-43/h1-27H. The molecule has 214 valence electrons. The van der Waals surface area contributed by atoms with E-state index >= 15 is 0 Å². The van der Waals surface area contributed by atoms with Crippen molar-refractivity contribution in [1.82, 2.24) is 4.57 Å². The van der Waals surface area contributed by atoms with Crippen molar-refractivity contribution in [2.45, 2.75) is 0 Å². The van der Waals surface area contributed by atoms with Gasteiger partial charge in [-0.25, -0.2) is 0 Å². The molecule has 9 aromatic rings. The van der Waals surface area contributed by atoms with Crippen LogP contribution in [-0.4, -0.2) is 4.57 Å². The Morgan fingerprint density at radius 1 is 0.348 bits per heavy atom. The molecule has 0 amide bonds. The van der Waals surface area contributed by atoms with E-state index in [2.05, 4.69) is 162 Å². The van der Waals surface area contributed by atoms with Gasteiger partial charge in [0.15, 0.2) is 0 Å². The van der Waals surface area contributed by atoms with Crippen LogP contribution in [0.15, 0.2) is 164 Å². The van der Waals surface area contributed by atoms with Gasteiger partial charge in [0.25, 0.3) is 0 Å². The van der Waals surface area contributed by atoms with Crippen molar-refractivity contribution >= 4 is 43.4 Å². The summed E-state index contributed by atoms with van der Waals surface area (Å²) in [6.07, 6.45) is 0. The van der Waals surface area contributed by atoms with Crippen LogP contribution in [0.2, 0.25) is 0 Å². The summed E-state index contributed by atoms with van der Waals surface area (Å²) in [4.78, 5) is 0. The van der Waals surface area contributed by atoms with E-state index in [1.54, 1.807) is 0 Å². The van der Waals surface area contributed by atoms with Gasteiger partial charge in [0.05, 0.1) is 11.0 Å². The summed E-state index contributed by atoms with van der Waals surface area (Å²) in [5.41, 5.74) is 10.8. The first-order chi connectivity index (χ1) is 22.8. The summed E-state index contributed by atoms with van der Waals surface area (Å²) in [7, 11) is 0. The molecule has 10 rings (SSSR count). The van der Waals surface area contributed by atoms with Crippen molar-refractivity contribution in [3.8, 4) is 50.6 Å². The fourth-order valence-electron chi connectivity index (χ4n) is 7.60. The molecule has 2 nitrogen and oxygen atoms in total. The van der Waals surface area contributed by atoms with Gasteiger partial charge >= 0.3 is 0 Å². The lowest BCUT2D eigenvalue weighted by atomic mass is 9.87. The molecule has 46 heavy (non-hydrogen) atoms. The first-order valence-electron chi connectivity index (χ1n) is 15.8. The van der Waals surface area contributed by atoms with Gasteiger partial charge in [-0.05, 0) is 86.4 Å². The molecule has 2 heteroatoms. The fraction of sp³-hybridized carbons (Fsp3) is 0. The van der Waals surface area contributed by atoms with Crippen LogP contribution >= 0.6 is 0 Å². The molecule has 0 bridgehead atoms. The lowest BCUT2D eigenvalue weighted by Crippen LogP contribution is -1.98. The summed E-state index contributed by atoms with van der Waals surface area (Å²) in [6, 6.07) is 59.0. The van der Waals surface area contributed by atoms with Crippen LogP contribution < -0.4 is 4.74 Å². The summed E-state index contributed by atoms with van der Waals surface area (Å²) in [5, 5.41) is 7.36. The Kier molecular flexibility index (Phi) is 5.31. The predicted octanol–water partition coefficient (Wildman–Crippen LogP) is 12.2. The highest BCUT2D eigenvalue weighted by Crippen LogP contribution is 2.49. The van der Waals surface area contributed by atoms with Crippen molar-refractivity contribution in [2.75, 3.05) is 0 Å². The summed E-state index contributed by atoms with van der Waals surface area (Å²) in [6.45, 7) is 0. The topological polar surface area (TPSA) is 14.2 Å². The smallest absolute Gasteiger partial charge is 0.135 e. The highest BCUT2D eigenvalue weighted by molar-refractivity contribution is 6.17. The maximum atomic E-state index is 6.42. The van der Waals surface area contributed by atoms with E-state index in [9.17, 15) is 0 Å². The van der Waals surface area contributed by atoms with Crippen LogP contribution in [0, 0.1) is 0 Å². The highest BCUT2D eigenvalue weighted by Gasteiger charge is 2.22. The highest BCUT2D eigenvalue weighted by atomic mass is 16.5. The second-order valence-electron chi connectivity index (χ2n) is 12.1. The largest absolute Gasteiger partial charge is 0.456 e. The number of hydrogen-bond donors (Lipinski definition) is 0. The maximum absolute atomic E-state index is 6.42. The van der Waals surface area contributed by atoms with E-state index in [-0.39, 0.29) is 0 Å². The summed E-state index contributed by atoms with van der Waals surface area (Å²) >= 11 is 0. The minimum atomic E-state index is 0.909. The monoisotopic (exact) mass is 585 g/mol. The Morgan fingerprint density at radius 3 is 1.87 bits per heavy atom. The summed E-state index contributed by atoms with van der Waals surface area (Å²) < 4.78 is 8.81.